The van der Waals surface area contributed by atoms with E-state index in [0.29, 0.717) is 18.1 Å². The zero-order valence-corrected chi connectivity index (χ0v) is 7.12. The monoisotopic (exact) mass is 170 g/mol. The summed E-state index contributed by atoms with van der Waals surface area (Å²) in [6.07, 6.45) is -0.195. The van der Waals surface area contributed by atoms with Crippen LogP contribution in [-0.2, 0) is 0 Å². The average molecular weight is 170 g/mol. The Hall–Kier alpha value is -0.930. The molecule has 0 aromatic carbocycles. The van der Waals surface area contributed by atoms with E-state index in [1.165, 1.54) is 0 Å². The van der Waals surface area contributed by atoms with Gasteiger partial charge in [0.15, 0.2) is 5.82 Å². The minimum atomic E-state index is -0.748. The molecular weight excluding hydrogens is 159 g/mol. The van der Waals surface area contributed by atoms with Crippen molar-refractivity contribution in [2.24, 2.45) is 0 Å². The van der Waals surface area contributed by atoms with Crippen molar-refractivity contribution >= 4 is 0 Å². The lowest BCUT2D eigenvalue weighted by molar-refractivity contribution is 0.359. The number of aromatic nitrogens is 2. The van der Waals surface area contributed by atoms with Crippen LogP contribution in [-0.4, -0.2) is 16.3 Å². The van der Waals surface area contributed by atoms with Crippen LogP contribution >= 0.6 is 0 Å². The Labute approximate surface area is 70.0 Å². The second kappa shape index (κ2) is 2.54. The van der Waals surface area contributed by atoms with E-state index in [9.17, 15) is 4.39 Å². The molecule has 1 aliphatic carbocycles. The van der Waals surface area contributed by atoms with Gasteiger partial charge in [-0.15, -0.1) is 0 Å². The maximum atomic E-state index is 12.5. The van der Waals surface area contributed by atoms with Gasteiger partial charge in [-0.25, -0.2) is 4.39 Å². The molecule has 0 amide bonds. The molecule has 0 saturated heterocycles. The molecule has 0 N–H and O–H groups in total. The molecule has 1 fully saturated rings. The van der Waals surface area contributed by atoms with Crippen LogP contribution in [0.3, 0.4) is 0 Å². The summed E-state index contributed by atoms with van der Waals surface area (Å²) < 4.78 is 17.5. The van der Waals surface area contributed by atoms with E-state index in [-0.39, 0.29) is 11.8 Å². The van der Waals surface area contributed by atoms with Crippen LogP contribution in [0.2, 0.25) is 0 Å². The zero-order valence-electron chi connectivity index (χ0n) is 7.12. The SMILES string of the molecule is CC(C)c1nc([C@H]2C[C@@H]2F)no1. The van der Waals surface area contributed by atoms with Crippen molar-refractivity contribution in [1.29, 1.82) is 0 Å². The van der Waals surface area contributed by atoms with Gasteiger partial charge in [0.25, 0.3) is 0 Å². The van der Waals surface area contributed by atoms with Gasteiger partial charge >= 0.3 is 0 Å². The molecule has 0 bridgehead atoms. The van der Waals surface area contributed by atoms with Gasteiger partial charge in [0.05, 0.1) is 5.92 Å². The molecule has 1 saturated carbocycles. The quantitative estimate of drug-likeness (QED) is 0.681. The van der Waals surface area contributed by atoms with Crippen LogP contribution < -0.4 is 0 Å². The Bertz CT molecular complexity index is 284. The minimum Gasteiger partial charge on any atom is -0.339 e. The second-order valence-electron chi connectivity index (χ2n) is 3.50. The van der Waals surface area contributed by atoms with Crippen molar-refractivity contribution < 1.29 is 8.91 Å². The molecule has 0 unspecified atom stereocenters. The van der Waals surface area contributed by atoms with E-state index < -0.39 is 6.17 Å². The number of hydrogen-bond donors (Lipinski definition) is 0. The Kier molecular flexibility index (Phi) is 1.63. The van der Waals surface area contributed by atoms with E-state index in [0.717, 1.165) is 0 Å². The number of rotatable bonds is 2. The van der Waals surface area contributed by atoms with Crippen LogP contribution in [0.15, 0.2) is 4.52 Å². The fraction of sp³-hybridized carbons (Fsp3) is 0.750. The highest BCUT2D eigenvalue weighted by Crippen LogP contribution is 2.42. The van der Waals surface area contributed by atoms with Gasteiger partial charge in [0, 0.05) is 5.92 Å². The summed E-state index contributed by atoms with van der Waals surface area (Å²) in [7, 11) is 0. The predicted molar refractivity (Wildman–Crippen MR) is 40.6 cm³/mol. The fourth-order valence-corrected chi connectivity index (χ4v) is 1.06. The molecule has 2 rings (SSSR count). The third-order valence-electron chi connectivity index (χ3n) is 2.00. The number of alkyl halides is 1. The van der Waals surface area contributed by atoms with Crippen molar-refractivity contribution in [3.05, 3.63) is 11.7 Å². The Morgan fingerprint density at radius 3 is 2.67 bits per heavy atom. The summed E-state index contributed by atoms with van der Waals surface area (Å²) in [6.45, 7) is 3.94. The Balaban J connectivity index is 2.14. The molecule has 1 heterocycles. The first-order valence-electron chi connectivity index (χ1n) is 4.16. The summed E-state index contributed by atoms with van der Waals surface area (Å²) in [5.41, 5.74) is 0. The lowest BCUT2D eigenvalue weighted by Crippen LogP contribution is -1.89. The molecule has 3 nitrogen and oxygen atoms in total. The number of hydrogen-bond acceptors (Lipinski definition) is 3. The van der Waals surface area contributed by atoms with Crippen LogP contribution in [0.4, 0.5) is 4.39 Å². The number of nitrogens with zero attached hydrogens (tertiary/aromatic N) is 2. The van der Waals surface area contributed by atoms with E-state index in [4.69, 9.17) is 4.52 Å². The molecule has 0 radical (unpaired) electrons. The molecule has 0 spiro atoms. The molecule has 0 aliphatic heterocycles. The van der Waals surface area contributed by atoms with E-state index in [1.54, 1.807) is 0 Å². The van der Waals surface area contributed by atoms with Gasteiger partial charge in [-0.05, 0) is 6.42 Å². The highest BCUT2D eigenvalue weighted by atomic mass is 19.1. The lowest BCUT2D eigenvalue weighted by Gasteiger charge is -1.91. The van der Waals surface area contributed by atoms with Gasteiger partial charge in [-0.1, -0.05) is 19.0 Å². The van der Waals surface area contributed by atoms with Crippen LogP contribution in [0.25, 0.3) is 0 Å². The molecule has 66 valence electrons. The maximum absolute atomic E-state index is 12.5. The first kappa shape index (κ1) is 7.71. The normalized spacial score (nSPS) is 28.0. The largest absolute Gasteiger partial charge is 0.339 e. The maximum Gasteiger partial charge on any atom is 0.229 e. The molecule has 2 atom stereocenters. The average Bonchev–Trinajstić information content (AvgIpc) is 2.59. The fourth-order valence-electron chi connectivity index (χ4n) is 1.06. The second-order valence-corrected chi connectivity index (χ2v) is 3.50. The van der Waals surface area contributed by atoms with Crippen LogP contribution in [0, 0.1) is 0 Å². The molecule has 12 heavy (non-hydrogen) atoms. The highest BCUT2D eigenvalue weighted by Gasteiger charge is 2.42. The van der Waals surface area contributed by atoms with Gasteiger partial charge in [0.1, 0.15) is 6.17 Å². The summed E-state index contributed by atoms with van der Waals surface area (Å²) >= 11 is 0. The predicted octanol–water partition coefficient (Wildman–Crippen LogP) is 2.02. The Morgan fingerprint density at radius 2 is 2.25 bits per heavy atom. The molecule has 1 aromatic rings. The standard InChI is InChI=1S/C8H11FN2O/c1-4(2)8-10-7(11-12-8)5-3-6(5)9/h4-6H,3H2,1-2H3/t5-,6-/m0/s1. The first-order valence-corrected chi connectivity index (χ1v) is 4.16. The van der Waals surface area contributed by atoms with E-state index in [2.05, 4.69) is 10.1 Å². The molecule has 1 aromatic heterocycles. The minimum absolute atomic E-state index is 0.0961. The lowest BCUT2D eigenvalue weighted by atomic mass is 10.2. The van der Waals surface area contributed by atoms with Crippen molar-refractivity contribution in [3.63, 3.8) is 0 Å². The van der Waals surface area contributed by atoms with E-state index in [1.807, 2.05) is 13.8 Å². The molecule has 4 heteroatoms. The van der Waals surface area contributed by atoms with E-state index >= 15 is 0 Å². The van der Waals surface area contributed by atoms with Crippen LogP contribution in [0.5, 0.6) is 0 Å². The summed E-state index contributed by atoms with van der Waals surface area (Å²) in [5.74, 6) is 1.26. The van der Waals surface area contributed by atoms with Gasteiger partial charge in [0.2, 0.25) is 5.89 Å². The third kappa shape index (κ3) is 1.21. The van der Waals surface area contributed by atoms with Gasteiger partial charge < -0.3 is 4.52 Å². The van der Waals surface area contributed by atoms with Gasteiger partial charge in [-0.2, -0.15) is 4.98 Å². The molecule has 1 aliphatic rings. The van der Waals surface area contributed by atoms with Crippen molar-refractivity contribution in [1.82, 2.24) is 10.1 Å². The zero-order chi connectivity index (χ0) is 8.72. The van der Waals surface area contributed by atoms with Crippen molar-refractivity contribution in [3.8, 4) is 0 Å². The topological polar surface area (TPSA) is 38.9 Å². The summed E-state index contributed by atoms with van der Waals surface area (Å²) in [6, 6.07) is 0. The summed E-state index contributed by atoms with van der Waals surface area (Å²) in [5, 5.41) is 3.72. The highest BCUT2D eigenvalue weighted by molar-refractivity contribution is 5.10. The summed E-state index contributed by atoms with van der Waals surface area (Å²) in [4.78, 5) is 4.10. The van der Waals surface area contributed by atoms with Crippen LogP contribution in [0.1, 0.15) is 43.8 Å². The Morgan fingerprint density at radius 1 is 1.58 bits per heavy atom. The first-order chi connectivity index (χ1) is 5.68. The number of halogens is 1. The third-order valence-corrected chi connectivity index (χ3v) is 2.00. The van der Waals surface area contributed by atoms with Gasteiger partial charge in [-0.3, -0.25) is 0 Å². The van der Waals surface area contributed by atoms with Crippen molar-refractivity contribution in [2.45, 2.75) is 38.3 Å². The van der Waals surface area contributed by atoms with Crippen molar-refractivity contribution in [2.75, 3.05) is 0 Å². The molecular formula is C8H11FN2O. The smallest absolute Gasteiger partial charge is 0.229 e.